The Morgan fingerprint density at radius 2 is 1.85 bits per heavy atom. The zero-order valence-corrected chi connectivity index (χ0v) is 26.6. The Bertz CT molecular complexity index is 1160. The van der Waals surface area contributed by atoms with Crippen molar-refractivity contribution in [3.8, 4) is 0 Å². The fraction of sp³-hybridized carbons (Fsp3) is 0.690. The molecular weight excluding hydrogens is 542 g/mol. The first-order chi connectivity index (χ1) is 19.1. The van der Waals surface area contributed by atoms with Crippen LogP contribution in [0.3, 0.4) is 0 Å². The Morgan fingerprint density at radius 1 is 1.17 bits per heavy atom. The van der Waals surface area contributed by atoms with Gasteiger partial charge in [-0.1, -0.05) is 57.3 Å². The van der Waals surface area contributed by atoms with Gasteiger partial charge in [0, 0.05) is 27.1 Å². The van der Waals surface area contributed by atoms with Crippen molar-refractivity contribution >= 4 is 20.1 Å². The summed E-state index contributed by atoms with van der Waals surface area (Å²) in [5, 5.41) is 33.7. The minimum atomic E-state index is -1.26. The number of rotatable bonds is 13. The largest absolute Gasteiger partial charge is 0.481 e. The number of carbonyl (C=O) groups is 2. The van der Waals surface area contributed by atoms with Crippen LogP contribution in [0.2, 0.25) is 25.7 Å². The van der Waals surface area contributed by atoms with E-state index in [1.807, 2.05) is 52.0 Å². The molecule has 1 aliphatic rings. The van der Waals surface area contributed by atoms with E-state index in [1.54, 1.807) is 4.68 Å². The molecule has 3 rings (SSSR count). The van der Waals surface area contributed by atoms with Crippen LogP contribution < -0.4 is 0 Å². The molecule has 1 fully saturated rings. The van der Waals surface area contributed by atoms with Gasteiger partial charge < -0.3 is 24.6 Å². The summed E-state index contributed by atoms with van der Waals surface area (Å²) in [6, 6.07) is 8.52. The number of likely N-dealkylation sites (tertiary alicyclic amines) is 1. The quantitative estimate of drug-likeness (QED) is 0.252. The third-order valence-electron chi connectivity index (χ3n) is 7.35. The van der Waals surface area contributed by atoms with E-state index in [0.29, 0.717) is 50.2 Å². The van der Waals surface area contributed by atoms with Crippen molar-refractivity contribution in [3.05, 3.63) is 41.2 Å². The van der Waals surface area contributed by atoms with Crippen molar-refractivity contribution in [2.24, 2.45) is 5.92 Å². The minimum Gasteiger partial charge on any atom is -0.481 e. The number of nitrogens with zero attached hydrogens (tertiary/aromatic N) is 5. The van der Waals surface area contributed by atoms with Crippen LogP contribution in [0.5, 0.6) is 0 Å². The highest BCUT2D eigenvalue weighted by molar-refractivity contribution is 6.76. The summed E-state index contributed by atoms with van der Waals surface area (Å²) in [7, 11) is -1.26. The topological polar surface area (TPSA) is 140 Å². The Balaban J connectivity index is 1.77. The molecule has 1 aromatic carbocycles. The smallest absolute Gasteiger partial charge is 0.410 e. The van der Waals surface area contributed by atoms with Gasteiger partial charge >= 0.3 is 12.1 Å². The molecule has 0 aliphatic carbocycles. The van der Waals surface area contributed by atoms with E-state index in [9.17, 15) is 19.8 Å². The summed E-state index contributed by atoms with van der Waals surface area (Å²) in [6.07, 6.45) is 1.57. The van der Waals surface area contributed by atoms with E-state index >= 15 is 0 Å². The first kappa shape index (κ1) is 32.7. The molecule has 0 saturated carbocycles. The van der Waals surface area contributed by atoms with Gasteiger partial charge in [0.05, 0.1) is 12.5 Å². The molecule has 228 valence electrons. The van der Waals surface area contributed by atoms with Crippen LogP contribution in [-0.4, -0.2) is 80.8 Å². The van der Waals surface area contributed by atoms with Crippen LogP contribution in [0.1, 0.15) is 69.8 Å². The summed E-state index contributed by atoms with van der Waals surface area (Å²) in [5.41, 5.74) is -0.187. The highest BCUT2D eigenvalue weighted by atomic mass is 28.3. The fourth-order valence-electron chi connectivity index (χ4n) is 5.04. The molecule has 12 heteroatoms. The molecule has 0 radical (unpaired) electrons. The average molecular weight is 590 g/mol. The fourth-order valence-corrected chi connectivity index (χ4v) is 5.79. The number of aliphatic hydroxyl groups is 1. The number of aromatic nitrogens is 4. The molecule has 1 unspecified atom stereocenters. The minimum absolute atomic E-state index is 0.147. The lowest BCUT2D eigenvalue weighted by Crippen LogP contribution is -2.38. The third kappa shape index (κ3) is 9.34. The second-order valence-electron chi connectivity index (χ2n) is 13.3. The summed E-state index contributed by atoms with van der Waals surface area (Å²) in [5.74, 6) is -1.53. The number of β-amino-alcohol motifs (C(OH)–C–C–N with tert-alkyl or cyclic N) is 1. The molecule has 11 nitrogen and oxygen atoms in total. The average Bonchev–Trinajstić information content (AvgIpc) is 3.50. The monoisotopic (exact) mass is 589 g/mol. The van der Waals surface area contributed by atoms with Gasteiger partial charge in [-0.05, 0) is 67.6 Å². The van der Waals surface area contributed by atoms with Crippen molar-refractivity contribution in [3.63, 3.8) is 0 Å². The van der Waals surface area contributed by atoms with Gasteiger partial charge in [-0.2, -0.15) is 0 Å². The lowest BCUT2D eigenvalue weighted by Gasteiger charge is -2.27. The van der Waals surface area contributed by atoms with E-state index in [4.69, 9.17) is 9.47 Å². The predicted octanol–water partition coefficient (Wildman–Crippen LogP) is 4.64. The number of amides is 1. The second-order valence-corrected chi connectivity index (χ2v) is 18.9. The summed E-state index contributed by atoms with van der Waals surface area (Å²) in [6.45, 7) is 15.6. The molecule has 1 aliphatic heterocycles. The number of benzene rings is 1. The summed E-state index contributed by atoms with van der Waals surface area (Å²) < 4.78 is 12.9. The second kappa shape index (κ2) is 13.4. The Morgan fingerprint density at radius 3 is 2.44 bits per heavy atom. The van der Waals surface area contributed by atoms with E-state index < -0.39 is 43.2 Å². The standard InChI is InChI=1S/C29H47N5O6Si/c1-8-9-23(26(35)36)24(25-30-31-32-34(25)20-39-16-17-41(5,6)7)18-21-10-12-22(13-11-21)29(38)14-15-33(19-29)27(37)40-28(2,3)4/h10-13,23-24,38H,8-9,14-20H2,1-7H3,(H,35,36)/t23-,24-,29?/m0/s1. The SMILES string of the molecule is CCC[C@H](C(=O)O)[C@H](Cc1ccc(C2(O)CCN(C(=O)OC(C)(C)C)C2)cc1)c1nnnn1COCC[Si](C)(C)C. The van der Waals surface area contributed by atoms with E-state index in [1.165, 1.54) is 4.90 Å². The Labute approximate surface area is 244 Å². The first-order valence-corrected chi connectivity index (χ1v) is 18.2. The van der Waals surface area contributed by atoms with E-state index in [0.717, 1.165) is 11.6 Å². The number of carbonyl (C=O) groups excluding carboxylic acids is 1. The van der Waals surface area contributed by atoms with Gasteiger partial charge in [0.25, 0.3) is 0 Å². The number of carboxylic acids is 1. The maximum absolute atomic E-state index is 12.5. The molecule has 2 heterocycles. The normalized spacial score (nSPS) is 19.3. The van der Waals surface area contributed by atoms with Gasteiger partial charge in [-0.3, -0.25) is 4.79 Å². The van der Waals surface area contributed by atoms with Crippen molar-refractivity contribution in [1.82, 2.24) is 25.1 Å². The molecule has 2 aromatic rings. The van der Waals surface area contributed by atoms with Crippen molar-refractivity contribution < 1.29 is 29.3 Å². The van der Waals surface area contributed by atoms with Gasteiger partial charge in [-0.25, -0.2) is 9.48 Å². The van der Waals surface area contributed by atoms with Gasteiger partial charge in [0.2, 0.25) is 0 Å². The lowest BCUT2D eigenvalue weighted by molar-refractivity contribution is -0.143. The van der Waals surface area contributed by atoms with Crippen molar-refractivity contribution in [1.29, 1.82) is 0 Å². The van der Waals surface area contributed by atoms with Crippen molar-refractivity contribution in [2.45, 2.75) is 103 Å². The van der Waals surface area contributed by atoms with Gasteiger partial charge in [-0.15, -0.1) is 5.10 Å². The molecular formula is C29H47N5O6Si. The van der Waals surface area contributed by atoms with Crippen LogP contribution in [0.25, 0.3) is 0 Å². The zero-order valence-electron chi connectivity index (χ0n) is 25.6. The number of tetrazole rings is 1. The predicted molar refractivity (Wildman–Crippen MR) is 157 cm³/mol. The molecule has 2 N–H and O–H groups in total. The lowest BCUT2D eigenvalue weighted by atomic mass is 9.82. The number of carboxylic acid groups (broad SMARTS) is 1. The maximum atomic E-state index is 12.5. The summed E-state index contributed by atoms with van der Waals surface area (Å²) in [4.78, 5) is 26.4. The molecule has 0 bridgehead atoms. The molecule has 1 amide bonds. The van der Waals surface area contributed by atoms with E-state index in [2.05, 4.69) is 35.2 Å². The van der Waals surface area contributed by atoms with Gasteiger partial charge in [0.1, 0.15) is 17.9 Å². The number of hydrogen-bond acceptors (Lipinski definition) is 8. The van der Waals surface area contributed by atoms with E-state index in [-0.39, 0.29) is 13.3 Å². The van der Waals surface area contributed by atoms with Gasteiger partial charge in [0.15, 0.2) is 5.82 Å². The number of aliphatic carboxylic acids is 1. The maximum Gasteiger partial charge on any atom is 0.410 e. The number of ether oxygens (including phenoxy) is 2. The van der Waals surface area contributed by atoms with Crippen LogP contribution in [0, 0.1) is 5.92 Å². The van der Waals surface area contributed by atoms with Crippen LogP contribution in [0.15, 0.2) is 24.3 Å². The number of hydrogen-bond donors (Lipinski definition) is 2. The highest BCUT2D eigenvalue weighted by Crippen LogP contribution is 2.35. The van der Waals surface area contributed by atoms with Crippen LogP contribution in [-0.2, 0) is 33.0 Å². The zero-order chi connectivity index (χ0) is 30.4. The molecule has 1 saturated heterocycles. The van der Waals surface area contributed by atoms with Crippen LogP contribution in [0.4, 0.5) is 4.79 Å². The van der Waals surface area contributed by atoms with Crippen LogP contribution >= 0.6 is 0 Å². The first-order valence-electron chi connectivity index (χ1n) is 14.5. The molecule has 1 aromatic heterocycles. The van der Waals surface area contributed by atoms with Crippen molar-refractivity contribution in [2.75, 3.05) is 19.7 Å². The molecule has 41 heavy (non-hydrogen) atoms. The molecule has 0 spiro atoms. The molecule has 3 atom stereocenters. The Kier molecular flexibility index (Phi) is 10.7. The summed E-state index contributed by atoms with van der Waals surface area (Å²) >= 11 is 0. The Hall–Kier alpha value is -2.83. The third-order valence-corrected chi connectivity index (χ3v) is 9.05. The highest BCUT2D eigenvalue weighted by Gasteiger charge is 2.41.